The molecule has 3 aromatic carbocycles. The van der Waals surface area contributed by atoms with Gasteiger partial charge < -0.3 is 9.84 Å². The van der Waals surface area contributed by atoms with E-state index in [0.717, 1.165) is 19.2 Å². The average molecular weight is 409 g/mol. The van der Waals surface area contributed by atoms with Crippen LogP contribution in [0.5, 0.6) is 0 Å². The van der Waals surface area contributed by atoms with E-state index < -0.39 is 23.3 Å². The first-order chi connectivity index (χ1) is 14.5. The Hall–Kier alpha value is -2.60. The summed E-state index contributed by atoms with van der Waals surface area (Å²) in [6, 6.07) is 22.8. The van der Waals surface area contributed by atoms with Crippen LogP contribution in [0.4, 0.5) is 8.78 Å². The van der Waals surface area contributed by atoms with Crippen molar-refractivity contribution < 1.29 is 18.6 Å². The number of hydrogen-bond acceptors (Lipinski definition) is 3. The molecule has 4 rings (SSSR count). The largest absolute Gasteiger partial charge is 0.382 e. The van der Waals surface area contributed by atoms with Crippen molar-refractivity contribution in [1.29, 1.82) is 0 Å². The van der Waals surface area contributed by atoms with Gasteiger partial charge in [0, 0.05) is 32.1 Å². The molecule has 0 radical (unpaired) electrons. The molecule has 3 nitrogen and oxygen atoms in total. The number of hydrogen-bond donors (Lipinski definition) is 1. The molecule has 0 unspecified atom stereocenters. The zero-order valence-corrected chi connectivity index (χ0v) is 16.7. The highest BCUT2D eigenvalue weighted by molar-refractivity contribution is 5.30. The Balaban J connectivity index is 1.62. The normalized spacial score (nSPS) is 19.4. The van der Waals surface area contributed by atoms with Crippen LogP contribution in [0, 0.1) is 11.6 Å². The van der Waals surface area contributed by atoms with Gasteiger partial charge in [-0.25, -0.2) is 8.78 Å². The highest BCUT2D eigenvalue weighted by Crippen LogP contribution is 2.34. The van der Waals surface area contributed by atoms with Crippen LogP contribution in [0.1, 0.15) is 16.7 Å². The van der Waals surface area contributed by atoms with Gasteiger partial charge in [0.05, 0.1) is 6.61 Å². The highest BCUT2D eigenvalue weighted by Gasteiger charge is 2.42. The zero-order chi connectivity index (χ0) is 21.0. The summed E-state index contributed by atoms with van der Waals surface area (Å²) in [6.45, 7) is 2.47. The molecule has 1 fully saturated rings. The van der Waals surface area contributed by atoms with E-state index in [1.807, 2.05) is 48.5 Å². The number of benzene rings is 3. The molecule has 0 bridgehead atoms. The van der Waals surface area contributed by atoms with Gasteiger partial charge in [-0.1, -0.05) is 66.7 Å². The van der Waals surface area contributed by atoms with E-state index in [-0.39, 0.29) is 12.0 Å². The fourth-order valence-electron chi connectivity index (χ4n) is 4.06. The third-order valence-corrected chi connectivity index (χ3v) is 5.68. The molecule has 0 aliphatic carbocycles. The minimum absolute atomic E-state index is 0.00697. The molecule has 2 atom stereocenters. The minimum Gasteiger partial charge on any atom is -0.382 e. The predicted molar refractivity (Wildman–Crippen MR) is 112 cm³/mol. The zero-order valence-electron chi connectivity index (χ0n) is 16.7. The Morgan fingerprint density at radius 2 is 1.67 bits per heavy atom. The Bertz CT molecular complexity index is 967. The van der Waals surface area contributed by atoms with Gasteiger partial charge in [-0.3, -0.25) is 4.90 Å². The molecule has 5 heteroatoms. The summed E-state index contributed by atoms with van der Waals surface area (Å²) in [5.41, 5.74) is 0.646. The maximum Gasteiger partial charge on any atom is 0.129 e. The lowest BCUT2D eigenvalue weighted by atomic mass is 9.81. The molecule has 1 aliphatic heterocycles. The summed E-state index contributed by atoms with van der Waals surface area (Å²) in [6.07, 6.45) is -0.561. The number of halogens is 2. The maximum atomic E-state index is 14.4. The van der Waals surface area contributed by atoms with Crippen LogP contribution in [-0.4, -0.2) is 35.8 Å². The number of ether oxygens (including phenoxy) is 1. The molecule has 0 aromatic heterocycles. The van der Waals surface area contributed by atoms with E-state index >= 15 is 0 Å². The van der Waals surface area contributed by atoms with E-state index in [0.29, 0.717) is 18.7 Å². The second kappa shape index (κ2) is 9.04. The van der Waals surface area contributed by atoms with E-state index in [1.54, 1.807) is 0 Å². The minimum atomic E-state index is -1.45. The van der Waals surface area contributed by atoms with Gasteiger partial charge in [-0.2, -0.15) is 0 Å². The van der Waals surface area contributed by atoms with Crippen LogP contribution in [0.25, 0.3) is 0 Å². The Morgan fingerprint density at radius 3 is 2.37 bits per heavy atom. The molecule has 0 amide bonds. The summed E-state index contributed by atoms with van der Waals surface area (Å²) in [7, 11) is 0. The second-order valence-corrected chi connectivity index (χ2v) is 7.78. The Kier molecular flexibility index (Phi) is 6.23. The van der Waals surface area contributed by atoms with Crippen LogP contribution < -0.4 is 0 Å². The summed E-state index contributed by atoms with van der Waals surface area (Å²) in [5, 5.41) is 11.8. The number of morpholine rings is 1. The lowest BCUT2D eigenvalue weighted by Crippen LogP contribution is -2.53. The molecule has 1 aliphatic rings. The smallest absolute Gasteiger partial charge is 0.129 e. The summed E-state index contributed by atoms with van der Waals surface area (Å²) >= 11 is 0. The first kappa shape index (κ1) is 20.7. The molecular weight excluding hydrogens is 384 g/mol. The van der Waals surface area contributed by atoms with Crippen LogP contribution in [0.15, 0.2) is 78.9 Å². The third kappa shape index (κ3) is 4.59. The summed E-state index contributed by atoms with van der Waals surface area (Å²) in [5.74, 6) is -1.30. The van der Waals surface area contributed by atoms with Crippen molar-refractivity contribution in [2.24, 2.45) is 0 Å². The van der Waals surface area contributed by atoms with Crippen LogP contribution >= 0.6 is 0 Å². The molecule has 1 heterocycles. The van der Waals surface area contributed by atoms with E-state index in [4.69, 9.17) is 4.74 Å². The van der Waals surface area contributed by atoms with Crippen molar-refractivity contribution in [1.82, 2.24) is 4.90 Å². The van der Waals surface area contributed by atoms with Crippen LogP contribution in [-0.2, 0) is 23.3 Å². The van der Waals surface area contributed by atoms with Crippen molar-refractivity contribution in [2.75, 3.05) is 19.7 Å². The van der Waals surface area contributed by atoms with Crippen molar-refractivity contribution in [3.63, 3.8) is 0 Å². The van der Waals surface area contributed by atoms with Gasteiger partial charge in [0.1, 0.15) is 23.3 Å². The molecule has 156 valence electrons. The summed E-state index contributed by atoms with van der Waals surface area (Å²) in [4.78, 5) is 2.23. The fraction of sp³-hybridized carbons (Fsp3) is 0.280. The number of nitrogens with zero attached hydrogens (tertiary/aromatic N) is 1. The molecular formula is C25H25F2NO2. The van der Waals surface area contributed by atoms with E-state index in [9.17, 15) is 13.9 Å². The van der Waals surface area contributed by atoms with Gasteiger partial charge in [-0.05, 0) is 22.8 Å². The van der Waals surface area contributed by atoms with Crippen molar-refractivity contribution >= 4 is 0 Å². The van der Waals surface area contributed by atoms with Crippen LogP contribution in [0.3, 0.4) is 0 Å². The first-order valence-electron chi connectivity index (χ1n) is 10.1. The van der Waals surface area contributed by atoms with Gasteiger partial charge in [0.25, 0.3) is 0 Å². The molecule has 30 heavy (non-hydrogen) atoms. The topological polar surface area (TPSA) is 32.7 Å². The van der Waals surface area contributed by atoms with Gasteiger partial charge in [0.15, 0.2) is 0 Å². The van der Waals surface area contributed by atoms with Crippen LogP contribution in [0.2, 0.25) is 0 Å². The van der Waals surface area contributed by atoms with Gasteiger partial charge >= 0.3 is 0 Å². The molecule has 0 saturated carbocycles. The molecule has 1 N–H and O–H groups in total. The monoisotopic (exact) mass is 409 g/mol. The Morgan fingerprint density at radius 1 is 0.967 bits per heavy atom. The standard InChI is InChI=1S/C25H25F2NO2/c26-22-12-11-20(23(27)15-22)16-25(29,21-9-5-2-6-10-21)24-18-28(13-14-30-24)17-19-7-3-1-4-8-19/h1-12,15,24,29H,13-14,16-18H2/t24-,25+/m0/s1. The lowest BCUT2D eigenvalue weighted by Gasteiger charge is -2.42. The lowest BCUT2D eigenvalue weighted by molar-refractivity contribution is -0.150. The fourth-order valence-corrected chi connectivity index (χ4v) is 4.06. The van der Waals surface area contributed by atoms with E-state index in [2.05, 4.69) is 17.0 Å². The molecule has 0 spiro atoms. The first-order valence-corrected chi connectivity index (χ1v) is 10.1. The number of rotatable bonds is 6. The van der Waals surface area contributed by atoms with Gasteiger partial charge in [0.2, 0.25) is 0 Å². The molecule has 3 aromatic rings. The maximum absolute atomic E-state index is 14.4. The third-order valence-electron chi connectivity index (χ3n) is 5.68. The Labute approximate surface area is 175 Å². The van der Waals surface area contributed by atoms with Crippen molar-refractivity contribution in [3.8, 4) is 0 Å². The molecule has 1 saturated heterocycles. The highest BCUT2D eigenvalue weighted by atomic mass is 19.1. The predicted octanol–water partition coefficient (Wildman–Crippen LogP) is 4.30. The van der Waals surface area contributed by atoms with Crippen molar-refractivity contribution in [2.45, 2.75) is 24.7 Å². The summed E-state index contributed by atoms with van der Waals surface area (Å²) < 4.78 is 33.8. The van der Waals surface area contributed by atoms with E-state index in [1.165, 1.54) is 17.7 Å². The second-order valence-electron chi connectivity index (χ2n) is 7.78. The quantitative estimate of drug-likeness (QED) is 0.659. The SMILES string of the molecule is O[C@](Cc1ccc(F)cc1F)(c1ccccc1)[C@@H]1CN(Cc2ccccc2)CCO1. The van der Waals surface area contributed by atoms with Gasteiger partial charge in [-0.15, -0.1) is 0 Å². The average Bonchev–Trinajstić information content (AvgIpc) is 2.77. The van der Waals surface area contributed by atoms with Crippen molar-refractivity contribution in [3.05, 3.63) is 107 Å². The number of aliphatic hydroxyl groups is 1.